The number of aromatic nitrogens is 3. The van der Waals surface area contributed by atoms with Crippen molar-refractivity contribution in [2.45, 2.75) is 59.6 Å². The summed E-state index contributed by atoms with van der Waals surface area (Å²) >= 11 is 0. The van der Waals surface area contributed by atoms with Crippen LogP contribution in [0.25, 0.3) is 5.52 Å². The first-order valence-corrected chi connectivity index (χ1v) is 11.9. The molecule has 0 unspecified atom stereocenters. The summed E-state index contributed by atoms with van der Waals surface area (Å²) in [6.45, 7) is 14.5. The summed E-state index contributed by atoms with van der Waals surface area (Å²) in [6.07, 6.45) is 1.17. The van der Waals surface area contributed by atoms with Crippen molar-refractivity contribution in [1.29, 1.82) is 0 Å². The maximum atomic E-state index is 15.0. The van der Waals surface area contributed by atoms with Crippen LogP contribution >= 0.6 is 0 Å². The van der Waals surface area contributed by atoms with Crippen LogP contribution in [0.1, 0.15) is 56.4 Å². The summed E-state index contributed by atoms with van der Waals surface area (Å²) in [5.41, 5.74) is 2.28. The minimum absolute atomic E-state index is 0.141. The molecule has 0 aliphatic carbocycles. The second-order valence-electron chi connectivity index (χ2n) is 10.9. The van der Waals surface area contributed by atoms with E-state index >= 15 is 0 Å². The number of rotatable bonds is 3. The normalized spacial score (nSPS) is 15.8. The molecule has 10 heteroatoms. The Morgan fingerprint density at radius 1 is 1.11 bits per heavy atom. The van der Waals surface area contributed by atoms with Crippen LogP contribution in [0.15, 0.2) is 30.5 Å². The lowest BCUT2D eigenvalue weighted by Crippen LogP contribution is -2.61. The van der Waals surface area contributed by atoms with Crippen molar-refractivity contribution in [1.82, 2.24) is 19.5 Å². The largest absolute Gasteiger partial charge is 0.444 e. The molecule has 0 atom stereocenters. The lowest BCUT2D eigenvalue weighted by molar-refractivity contribution is 0.000358. The Labute approximate surface area is 210 Å². The van der Waals surface area contributed by atoms with Crippen LogP contribution in [0.2, 0.25) is 0 Å². The molecule has 3 aromatic heterocycles. The van der Waals surface area contributed by atoms with Gasteiger partial charge in [-0.2, -0.15) is 5.10 Å². The Morgan fingerprint density at radius 2 is 1.83 bits per heavy atom. The smallest absolute Gasteiger partial charge is 0.410 e. The fourth-order valence-corrected chi connectivity index (χ4v) is 4.43. The van der Waals surface area contributed by atoms with Gasteiger partial charge < -0.3 is 15.0 Å². The Bertz CT molecular complexity index is 1330. The van der Waals surface area contributed by atoms with Crippen molar-refractivity contribution in [3.63, 3.8) is 0 Å². The number of nitrogens with zero attached hydrogens (tertiary/aromatic N) is 5. The van der Waals surface area contributed by atoms with Crippen molar-refractivity contribution in [3.8, 4) is 0 Å². The lowest BCUT2D eigenvalue weighted by atomic mass is 9.99. The van der Waals surface area contributed by atoms with Crippen LogP contribution in [-0.2, 0) is 4.74 Å². The summed E-state index contributed by atoms with van der Waals surface area (Å²) in [4.78, 5) is 33.3. The lowest BCUT2D eigenvalue weighted by Gasteiger charge is -2.47. The molecule has 0 radical (unpaired) electrons. The van der Waals surface area contributed by atoms with E-state index in [1.807, 2.05) is 59.4 Å². The number of nitrogens with one attached hydrogen (secondary N) is 1. The molecule has 9 nitrogen and oxygen atoms in total. The van der Waals surface area contributed by atoms with Gasteiger partial charge in [-0.3, -0.25) is 9.69 Å². The summed E-state index contributed by atoms with van der Waals surface area (Å²) in [5, 5.41) is 6.96. The Hall–Kier alpha value is -3.69. The molecule has 4 heterocycles. The third-order valence-electron chi connectivity index (χ3n) is 6.06. The van der Waals surface area contributed by atoms with E-state index in [1.165, 1.54) is 12.3 Å². The molecular formula is C26H33FN6O3. The quantitative estimate of drug-likeness (QED) is 0.571. The molecule has 0 aromatic carbocycles. The van der Waals surface area contributed by atoms with E-state index in [-0.39, 0.29) is 11.9 Å². The van der Waals surface area contributed by atoms with E-state index in [9.17, 15) is 14.0 Å². The number of hydrogen-bond donors (Lipinski definition) is 1. The van der Waals surface area contributed by atoms with E-state index in [0.29, 0.717) is 30.9 Å². The number of ether oxygens (including phenoxy) is 1. The fraction of sp³-hybridized carbons (Fsp3) is 0.462. The highest BCUT2D eigenvalue weighted by Gasteiger charge is 2.39. The molecule has 1 saturated heterocycles. The summed E-state index contributed by atoms with van der Waals surface area (Å²) in [6, 6.07) is 6.65. The van der Waals surface area contributed by atoms with Crippen LogP contribution in [0, 0.1) is 19.7 Å². The van der Waals surface area contributed by atoms with Gasteiger partial charge in [0.05, 0.1) is 28.6 Å². The van der Waals surface area contributed by atoms with Gasteiger partial charge >= 0.3 is 6.09 Å². The van der Waals surface area contributed by atoms with Crippen molar-refractivity contribution < 1.29 is 18.7 Å². The van der Waals surface area contributed by atoms with Crippen LogP contribution in [0.4, 0.5) is 20.7 Å². The molecule has 0 saturated carbocycles. The maximum absolute atomic E-state index is 15.0. The number of aryl methyl sites for hydroxylation is 2. The van der Waals surface area contributed by atoms with Gasteiger partial charge in [-0.15, -0.1) is 0 Å². The third kappa shape index (κ3) is 5.27. The van der Waals surface area contributed by atoms with E-state index in [2.05, 4.69) is 15.4 Å². The van der Waals surface area contributed by atoms with Gasteiger partial charge in [0.2, 0.25) is 0 Å². The van der Waals surface area contributed by atoms with E-state index in [0.717, 1.165) is 16.9 Å². The molecule has 1 N–H and O–H groups in total. The number of hydrogen-bond acceptors (Lipinski definition) is 6. The minimum atomic E-state index is -0.633. The van der Waals surface area contributed by atoms with Gasteiger partial charge in [0.15, 0.2) is 11.6 Å². The Balaban J connectivity index is 1.47. The van der Waals surface area contributed by atoms with Gasteiger partial charge in [0, 0.05) is 37.0 Å². The van der Waals surface area contributed by atoms with Gasteiger partial charge in [0.25, 0.3) is 5.91 Å². The van der Waals surface area contributed by atoms with Crippen molar-refractivity contribution in [3.05, 3.63) is 53.2 Å². The van der Waals surface area contributed by atoms with E-state index < -0.39 is 22.9 Å². The highest BCUT2D eigenvalue weighted by molar-refractivity contribution is 6.04. The number of pyridine rings is 2. The molecule has 192 valence electrons. The SMILES string of the molecule is Cc1cc2cc(C(=O)Nc3ncc(N4CCN(C(=O)OC(C)(C)C)C(C)(C)C4)cc3F)cc(C)n2n1. The summed E-state index contributed by atoms with van der Waals surface area (Å²) < 4.78 is 22.3. The first kappa shape index (κ1) is 25.4. The zero-order valence-corrected chi connectivity index (χ0v) is 21.8. The van der Waals surface area contributed by atoms with Gasteiger partial charge in [-0.05, 0) is 66.7 Å². The molecule has 3 aromatic rings. The van der Waals surface area contributed by atoms with Crippen LogP contribution in [0.3, 0.4) is 0 Å². The minimum Gasteiger partial charge on any atom is -0.444 e. The first-order valence-electron chi connectivity index (χ1n) is 11.9. The second-order valence-corrected chi connectivity index (χ2v) is 10.9. The maximum Gasteiger partial charge on any atom is 0.410 e. The summed E-state index contributed by atoms with van der Waals surface area (Å²) in [7, 11) is 0. The number of carbonyl (C=O) groups excluding carboxylic acids is 2. The number of carbonyl (C=O) groups is 2. The number of fused-ring (bicyclic) bond motifs is 1. The average molecular weight is 497 g/mol. The Kier molecular flexibility index (Phi) is 6.40. The summed E-state index contributed by atoms with van der Waals surface area (Å²) in [5.74, 6) is -1.23. The molecule has 36 heavy (non-hydrogen) atoms. The van der Waals surface area contributed by atoms with E-state index in [1.54, 1.807) is 21.5 Å². The number of piperazine rings is 1. The molecular weight excluding hydrogens is 463 g/mol. The van der Waals surface area contributed by atoms with Crippen LogP contribution in [-0.4, -0.2) is 62.3 Å². The van der Waals surface area contributed by atoms with Gasteiger partial charge in [-0.1, -0.05) is 0 Å². The molecule has 0 bridgehead atoms. The van der Waals surface area contributed by atoms with E-state index in [4.69, 9.17) is 4.74 Å². The van der Waals surface area contributed by atoms with Crippen molar-refractivity contribution >= 4 is 29.0 Å². The zero-order chi connectivity index (χ0) is 26.4. The zero-order valence-electron chi connectivity index (χ0n) is 21.8. The second kappa shape index (κ2) is 9.07. The fourth-order valence-electron chi connectivity index (χ4n) is 4.43. The molecule has 1 aliphatic heterocycles. The highest BCUT2D eigenvalue weighted by Crippen LogP contribution is 2.28. The number of anilines is 2. The van der Waals surface area contributed by atoms with Gasteiger partial charge in [-0.25, -0.2) is 18.7 Å². The average Bonchev–Trinajstić information content (AvgIpc) is 3.13. The topological polar surface area (TPSA) is 92.1 Å². The molecule has 1 fully saturated rings. The molecule has 4 rings (SSSR count). The monoisotopic (exact) mass is 496 g/mol. The first-order chi connectivity index (χ1) is 16.7. The standard InChI is InChI=1S/C26H33FN6O3/c1-16-10-19-12-18(11-17(2)33(19)30-16)23(34)29-22-21(27)13-20(14-28-22)31-8-9-32(26(6,7)15-31)24(35)36-25(3,4)5/h10-14H,8-9,15H2,1-7H3,(H,28,29,34). The predicted molar refractivity (Wildman–Crippen MR) is 136 cm³/mol. The van der Waals surface area contributed by atoms with Crippen LogP contribution < -0.4 is 10.2 Å². The number of halogens is 1. The van der Waals surface area contributed by atoms with Gasteiger partial charge in [0.1, 0.15) is 5.60 Å². The Morgan fingerprint density at radius 3 is 2.47 bits per heavy atom. The van der Waals surface area contributed by atoms with Crippen LogP contribution in [0.5, 0.6) is 0 Å². The predicted octanol–water partition coefficient (Wildman–Crippen LogP) is 4.57. The highest BCUT2D eigenvalue weighted by atomic mass is 19.1. The molecule has 0 spiro atoms. The number of amides is 2. The molecule has 1 aliphatic rings. The van der Waals surface area contributed by atoms with Crippen molar-refractivity contribution in [2.75, 3.05) is 29.9 Å². The molecule has 2 amide bonds. The third-order valence-corrected chi connectivity index (χ3v) is 6.06. The van der Waals surface area contributed by atoms with Crippen molar-refractivity contribution in [2.24, 2.45) is 0 Å².